The van der Waals surface area contributed by atoms with Gasteiger partial charge in [-0.2, -0.15) is 0 Å². The number of carbonyl (C=O) groups excluding carboxylic acids is 1. The number of sulfone groups is 1. The molecule has 4 heterocycles. The number of ether oxygens (including phenoxy) is 2. The largest absolute Gasteiger partial charge is 0.474 e. The van der Waals surface area contributed by atoms with Crippen LogP contribution in [-0.4, -0.2) is 61.0 Å². The number of nitrogens with one attached hydrogen (secondary N) is 1. The highest BCUT2D eigenvalue weighted by Crippen LogP contribution is 2.52. The normalized spacial score (nSPS) is 16.8. The molecular weight excluding hydrogens is 556 g/mol. The molecule has 1 saturated carbocycles. The Labute approximate surface area is 246 Å². The first kappa shape index (κ1) is 28.2. The van der Waals surface area contributed by atoms with Crippen molar-refractivity contribution in [2.45, 2.75) is 63.9 Å². The molecule has 1 aliphatic carbocycles. The summed E-state index contributed by atoms with van der Waals surface area (Å²) in [4.78, 5) is 31.2. The molecule has 1 N–H and O–H groups in total. The van der Waals surface area contributed by atoms with Gasteiger partial charge in [0.25, 0.3) is 0 Å². The zero-order valence-electron chi connectivity index (χ0n) is 24.4. The van der Waals surface area contributed by atoms with Crippen molar-refractivity contribution in [1.82, 2.24) is 15.0 Å². The van der Waals surface area contributed by atoms with Crippen molar-refractivity contribution >= 4 is 38.9 Å². The molecule has 42 heavy (non-hydrogen) atoms. The molecule has 12 heteroatoms. The average Bonchev–Trinajstić information content (AvgIpc) is 3.76. The van der Waals surface area contributed by atoms with Gasteiger partial charge in [0.05, 0.1) is 36.4 Å². The first-order chi connectivity index (χ1) is 19.9. The van der Waals surface area contributed by atoms with Crippen LogP contribution in [0.5, 0.6) is 5.88 Å². The fourth-order valence-corrected chi connectivity index (χ4v) is 6.21. The molecule has 0 radical (unpaired) electrons. The average molecular weight is 593 g/mol. The maximum Gasteiger partial charge on any atom is 0.415 e. The Hall–Kier alpha value is -3.93. The monoisotopic (exact) mass is 592 g/mol. The second kappa shape index (κ2) is 10.7. The molecule has 1 aromatic carbocycles. The lowest BCUT2D eigenvalue weighted by Crippen LogP contribution is -2.42. The van der Waals surface area contributed by atoms with Crippen LogP contribution < -0.4 is 19.9 Å². The third-order valence-electron chi connectivity index (χ3n) is 7.39. The van der Waals surface area contributed by atoms with Crippen LogP contribution in [0.15, 0.2) is 36.7 Å². The minimum absolute atomic E-state index is 0.000511. The second-order valence-electron chi connectivity index (χ2n) is 12.2. The highest BCUT2D eigenvalue weighted by molar-refractivity contribution is 7.89. The topological polar surface area (TPSA) is 127 Å². The van der Waals surface area contributed by atoms with Crippen molar-refractivity contribution in [3.05, 3.63) is 59.0 Å². The van der Waals surface area contributed by atoms with E-state index in [9.17, 15) is 13.2 Å². The Balaban J connectivity index is 1.26. The molecule has 0 saturated heterocycles. The maximum absolute atomic E-state index is 13.2. The zero-order chi connectivity index (χ0) is 29.6. The van der Waals surface area contributed by atoms with Crippen molar-refractivity contribution in [2.75, 3.05) is 41.1 Å². The lowest BCUT2D eigenvalue weighted by molar-refractivity contribution is 0.0566. The number of rotatable bonds is 6. The van der Waals surface area contributed by atoms with Crippen LogP contribution in [0.25, 0.3) is 0 Å². The smallest absolute Gasteiger partial charge is 0.415 e. The third-order valence-corrected chi connectivity index (χ3v) is 8.24. The summed E-state index contributed by atoms with van der Waals surface area (Å²) in [6.07, 6.45) is 7.46. The number of fused-ring (bicyclic) bond motifs is 2. The molecule has 0 atom stereocenters. The molecule has 0 bridgehead atoms. The molecule has 2 aromatic heterocycles. The van der Waals surface area contributed by atoms with Gasteiger partial charge in [0, 0.05) is 30.2 Å². The van der Waals surface area contributed by atoms with Crippen LogP contribution in [0.4, 0.5) is 27.8 Å². The number of hydrogen-bond donors (Lipinski definition) is 1. The van der Waals surface area contributed by atoms with Crippen LogP contribution in [-0.2, 0) is 33.3 Å². The molecule has 3 aromatic rings. The van der Waals surface area contributed by atoms with Gasteiger partial charge >= 0.3 is 6.09 Å². The minimum atomic E-state index is -3.10. The standard InChI is InChI=1S/C30H36N6O5S/c1-30(2,3)41-29(37)36-13-14-40-27-26(36)25(20-7-8-20)24(16-31-27)35-12-11-21-15-32-28(34-23(21)17-35)33-22-9-5-19(6-10-22)18-42(4,38)39/h5-6,9-10,15-16,20H,7-8,11-14,17-18H2,1-4H3,(H,32,33,34). The van der Waals surface area contributed by atoms with E-state index in [1.165, 1.54) is 6.26 Å². The minimum Gasteiger partial charge on any atom is -0.474 e. The molecule has 0 unspecified atom stereocenters. The predicted octanol–water partition coefficient (Wildman–Crippen LogP) is 4.73. The van der Waals surface area contributed by atoms with Crippen molar-refractivity contribution < 1.29 is 22.7 Å². The number of hydrogen-bond acceptors (Lipinski definition) is 10. The summed E-state index contributed by atoms with van der Waals surface area (Å²) in [5.41, 5.74) is 5.73. The molecular formula is C30H36N6O5S. The first-order valence-electron chi connectivity index (χ1n) is 14.2. The van der Waals surface area contributed by atoms with Crippen LogP contribution in [0, 0.1) is 0 Å². The summed E-state index contributed by atoms with van der Waals surface area (Å²) in [5.74, 6) is 1.28. The highest BCUT2D eigenvalue weighted by atomic mass is 32.2. The number of amides is 1. The van der Waals surface area contributed by atoms with E-state index in [1.807, 2.05) is 45.3 Å². The van der Waals surface area contributed by atoms with Gasteiger partial charge in [-0.15, -0.1) is 0 Å². The number of pyridine rings is 1. The van der Waals surface area contributed by atoms with Gasteiger partial charge in [0.2, 0.25) is 11.8 Å². The van der Waals surface area contributed by atoms with Crippen molar-refractivity contribution in [2.24, 2.45) is 0 Å². The summed E-state index contributed by atoms with van der Waals surface area (Å²) in [7, 11) is -3.10. The number of anilines is 4. The molecule has 11 nitrogen and oxygen atoms in total. The Morgan fingerprint density at radius 3 is 2.57 bits per heavy atom. The summed E-state index contributed by atoms with van der Waals surface area (Å²) < 4.78 is 34.9. The van der Waals surface area contributed by atoms with Crippen LogP contribution >= 0.6 is 0 Å². The predicted molar refractivity (Wildman–Crippen MR) is 160 cm³/mol. The zero-order valence-corrected chi connectivity index (χ0v) is 25.2. The fraction of sp³-hybridized carbons (Fsp3) is 0.467. The van der Waals surface area contributed by atoms with Gasteiger partial charge in [-0.3, -0.25) is 4.90 Å². The SMILES string of the molecule is CC(C)(C)OC(=O)N1CCOc2ncc(N3CCc4cnc(Nc5ccc(CS(C)(=O)=O)cc5)nc4C3)c(C3CC3)c21. The van der Waals surface area contributed by atoms with Gasteiger partial charge in [0.1, 0.15) is 17.9 Å². The van der Waals surface area contributed by atoms with E-state index < -0.39 is 15.4 Å². The van der Waals surface area contributed by atoms with Crippen molar-refractivity contribution in [3.63, 3.8) is 0 Å². The fourth-order valence-electron chi connectivity index (χ4n) is 5.41. The molecule has 222 valence electrons. The van der Waals surface area contributed by atoms with E-state index >= 15 is 0 Å². The van der Waals surface area contributed by atoms with Crippen molar-refractivity contribution in [3.8, 4) is 5.88 Å². The quantitative estimate of drug-likeness (QED) is 0.429. The number of aromatic nitrogens is 3. The molecule has 1 fully saturated rings. The van der Waals surface area contributed by atoms with Gasteiger partial charge < -0.3 is 19.7 Å². The lowest BCUT2D eigenvalue weighted by atomic mass is 10.0. The molecule has 2 aliphatic heterocycles. The second-order valence-corrected chi connectivity index (χ2v) is 14.3. The highest BCUT2D eigenvalue weighted by Gasteiger charge is 2.39. The van der Waals surface area contributed by atoms with Gasteiger partial charge in [-0.05, 0) is 69.2 Å². The summed E-state index contributed by atoms with van der Waals surface area (Å²) in [6, 6.07) is 7.23. The van der Waals surface area contributed by atoms with E-state index in [2.05, 4.69) is 20.2 Å². The maximum atomic E-state index is 13.2. The van der Waals surface area contributed by atoms with Crippen molar-refractivity contribution in [1.29, 1.82) is 0 Å². The van der Waals surface area contributed by atoms with E-state index in [4.69, 9.17) is 14.5 Å². The van der Waals surface area contributed by atoms with Crippen LogP contribution in [0.1, 0.15) is 61.9 Å². The van der Waals surface area contributed by atoms with E-state index in [0.29, 0.717) is 37.4 Å². The van der Waals surface area contributed by atoms with Crippen LogP contribution in [0.2, 0.25) is 0 Å². The van der Waals surface area contributed by atoms with Crippen LogP contribution in [0.3, 0.4) is 0 Å². The Morgan fingerprint density at radius 1 is 1.12 bits per heavy atom. The molecule has 6 rings (SSSR count). The summed E-state index contributed by atoms with van der Waals surface area (Å²) >= 11 is 0. The summed E-state index contributed by atoms with van der Waals surface area (Å²) in [6.45, 7) is 7.73. The number of nitrogens with zero attached hydrogens (tertiary/aromatic N) is 5. The van der Waals surface area contributed by atoms with Gasteiger partial charge in [-0.25, -0.2) is 28.2 Å². The molecule has 3 aliphatic rings. The van der Waals surface area contributed by atoms with Gasteiger partial charge in [0.15, 0.2) is 9.84 Å². The lowest BCUT2D eigenvalue weighted by Gasteiger charge is -2.36. The molecule has 0 spiro atoms. The Morgan fingerprint density at radius 2 is 1.88 bits per heavy atom. The third kappa shape index (κ3) is 6.28. The number of carbonyl (C=O) groups is 1. The van der Waals surface area contributed by atoms with E-state index in [0.717, 1.165) is 65.3 Å². The number of benzene rings is 1. The van der Waals surface area contributed by atoms with E-state index in [-0.39, 0.29) is 11.8 Å². The van der Waals surface area contributed by atoms with Gasteiger partial charge in [-0.1, -0.05) is 12.1 Å². The summed E-state index contributed by atoms with van der Waals surface area (Å²) in [5, 5.41) is 3.24. The Bertz CT molecular complexity index is 1620. The molecule has 1 amide bonds. The van der Waals surface area contributed by atoms with E-state index in [1.54, 1.807) is 17.0 Å². The first-order valence-corrected chi connectivity index (χ1v) is 16.3. The Kier molecular flexibility index (Phi) is 7.20.